The smallest absolute Gasteiger partial charge is 0.135 e. The van der Waals surface area contributed by atoms with Crippen molar-refractivity contribution in [2.45, 2.75) is 31.9 Å². The third kappa shape index (κ3) is 2.79. The molecule has 1 aliphatic carbocycles. The van der Waals surface area contributed by atoms with E-state index in [0.29, 0.717) is 23.4 Å². The summed E-state index contributed by atoms with van der Waals surface area (Å²) in [5.74, 6) is -0.381. The first kappa shape index (κ1) is 13.2. The molecule has 0 bridgehead atoms. The molecular weight excluding hydrogens is 251 g/mol. The van der Waals surface area contributed by atoms with Gasteiger partial charge in [-0.2, -0.15) is 0 Å². The molecule has 1 fully saturated rings. The second kappa shape index (κ2) is 5.63. The van der Waals surface area contributed by atoms with Crippen LogP contribution in [0.3, 0.4) is 0 Å². The second-order valence-electron chi connectivity index (χ2n) is 4.42. The van der Waals surface area contributed by atoms with Crippen molar-refractivity contribution in [1.29, 1.82) is 0 Å². The maximum atomic E-state index is 13.6. The van der Waals surface area contributed by atoms with Crippen molar-refractivity contribution < 1.29 is 9.13 Å². The number of hydrogen-bond donors (Lipinski definition) is 2. The molecule has 0 spiro atoms. The van der Waals surface area contributed by atoms with Crippen LogP contribution in [-0.4, -0.2) is 23.7 Å². The van der Waals surface area contributed by atoms with Crippen LogP contribution >= 0.6 is 12.2 Å². The molecule has 0 radical (unpaired) electrons. The van der Waals surface area contributed by atoms with Gasteiger partial charge in [0.2, 0.25) is 0 Å². The molecule has 1 aromatic rings. The lowest BCUT2D eigenvalue weighted by molar-refractivity contribution is 0.00299. The van der Waals surface area contributed by atoms with Crippen molar-refractivity contribution in [3.8, 4) is 0 Å². The first-order valence-corrected chi connectivity index (χ1v) is 6.49. The van der Waals surface area contributed by atoms with Crippen LogP contribution in [0.4, 0.5) is 10.1 Å². The molecule has 0 amide bonds. The van der Waals surface area contributed by atoms with E-state index in [1.54, 1.807) is 12.1 Å². The zero-order chi connectivity index (χ0) is 13.1. The van der Waals surface area contributed by atoms with Gasteiger partial charge in [0.1, 0.15) is 10.8 Å². The monoisotopic (exact) mass is 268 g/mol. The molecule has 1 aliphatic rings. The van der Waals surface area contributed by atoms with Gasteiger partial charge in [0.05, 0.1) is 11.7 Å². The number of hydrogen-bond acceptors (Lipinski definition) is 3. The molecule has 5 heteroatoms. The molecule has 0 aliphatic heterocycles. The molecule has 98 valence electrons. The third-order valence-corrected chi connectivity index (χ3v) is 3.32. The molecule has 1 aromatic carbocycles. The van der Waals surface area contributed by atoms with E-state index in [-0.39, 0.29) is 10.8 Å². The molecule has 0 saturated heterocycles. The van der Waals surface area contributed by atoms with Crippen molar-refractivity contribution in [3.63, 3.8) is 0 Å². The largest absolute Gasteiger partial charge is 0.389 e. The molecule has 0 atom stereocenters. The summed E-state index contributed by atoms with van der Waals surface area (Å²) in [6.45, 7) is 2.72. The van der Waals surface area contributed by atoms with E-state index >= 15 is 0 Å². The van der Waals surface area contributed by atoms with Gasteiger partial charge < -0.3 is 15.8 Å². The van der Waals surface area contributed by atoms with Crippen molar-refractivity contribution in [2.24, 2.45) is 5.73 Å². The van der Waals surface area contributed by atoms with Crippen LogP contribution in [0.25, 0.3) is 0 Å². The third-order valence-electron chi connectivity index (χ3n) is 3.12. The summed E-state index contributed by atoms with van der Waals surface area (Å²) in [7, 11) is 0. The lowest BCUT2D eigenvalue weighted by Crippen LogP contribution is -2.41. The van der Waals surface area contributed by atoms with Crippen LogP contribution in [0, 0.1) is 5.82 Å². The second-order valence-corrected chi connectivity index (χ2v) is 4.86. The minimum Gasteiger partial charge on any atom is -0.389 e. The Bertz CT molecular complexity index is 447. The summed E-state index contributed by atoms with van der Waals surface area (Å²) in [6, 6.07) is 5.11. The number of halogens is 1. The van der Waals surface area contributed by atoms with E-state index in [1.165, 1.54) is 6.07 Å². The topological polar surface area (TPSA) is 47.3 Å². The summed E-state index contributed by atoms with van der Waals surface area (Å²) in [5.41, 5.74) is 6.52. The maximum Gasteiger partial charge on any atom is 0.135 e. The number of rotatable bonds is 5. The Morgan fingerprint density at radius 3 is 2.89 bits per heavy atom. The highest BCUT2D eigenvalue weighted by Gasteiger charge is 2.30. The maximum absolute atomic E-state index is 13.6. The summed E-state index contributed by atoms with van der Waals surface area (Å²) in [4.78, 5) is 0.0799. The van der Waals surface area contributed by atoms with Gasteiger partial charge in [0, 0.05) is 18.3 Å². The van der Waals surface area contributed by atoms with Crippen LogP contribution in [0.15, 0.2) is 18.2 Å². The molecule has 0 unspecified atom stereocenters. The molecule has 2 rings (SSSR count). The Hall–Kier alpha value is -1.20. The van der Waals surface area contributed by atoms with Gasteiger partial charge in [-0.05, 0) is 31.9 Å². The van der Waals surface area contributed by atoms with Crippen molar-refractivity contribution in [2.75, 3.05) is 11.9 Å². The highest BCUT2D eigenvalue weighted by molar-refractivity contribution is 7.80. The Labute approximate surface area is 112 Å². The number of nitrogens with two attached hydrogens (primary N) is 1. The van der Waals surface area contributed by atoms with E-state index in [9.17, 15) is 4.39 Å². The summed E-state index contributed by atoms with van der Waals surface area (Å²) >= 11 is 4.88. The molecule has 3 nitrogen and oxygen atoms in total. The van der Waals surface area contributed by atoms with E-state index in [0.717, 1.165) is 19.4 Å². The van der Waals surface area contributed by atoms with E-state index in [1.807, 2.05) is 6.92 Å². The first-order chi connectivity index (χ1) is 8.61. The number of anilines is 1. The van der Waals surface area contributed by atoms with Gasteiger partial charge in [0.25, 0.3) is 0 Å². The number of benzene rings is 1. The minimum absolute atomic E-state index is 0.0799. The highest BCUT2D eigenvalue weighted by Crippen LogP contribution is 2.29. The fraction of sp³-hybridized carbons (Fsp3) is 0.462. The van der Waals surface area contributed by atoms with Crippen LogP contribution in [0.1, 0.15) is 25.3 Å². The minimum atomic E-state index is -0.381. The van der Waals surface area contributed by atoms with Gasteiger partial charge in [-0.1, -0.05) is 18.3 Å². The lowest BCUT2D eigenvalue weighted by Gasteiger charge is -2.36. The highest BCUT2D eigenvalue weighted by atomic mass is 32.1. The van der Waals surface area contributed by atoms with Gasteiger partial charge in [-0.25, -0.2) is 4.39 Å². The Kier molecular flexibility index (Phi) is 4.14. The van der Waals surface area contributed by atoms with Gasteiger partial charge in [0.15, 0.2) is 0 Å². The van der Waals surface area contributed by atoms with Crippen LogP contribution < -0.4 is 11.1 Å². The number of ether oxygens (including phenoxy) is 1. The Morgan fingerprint density at radius 1 is 1.56 bits per heavy atom. The zero-order valence-electron chi connectivity index (χ0n) is 10.3. The first-order valence-electron chi connectivity index (χ1n) is 6.08. The van der Waals surface area contributed by atoms with Crippen LogP contribution in [-0.2, 0) is 4.74 Å². The SMILES string of the molecule is CCOC1CC(Nc2cccc(F)c2C(N)=S)C1. The predicted octanol–water partition coefficient (Wildman–Crippen LogP) is 2.44. The van der Waals surface area contributed by atoms with E-state index in [4.69, 9.17) is 22.7 Å². The Morgan fingerprint density at radius 2 is 2.28 bits per heavy atom. The van der Waals surface area contributed by atoms with Crippen molar-refractivity contribution in [3.05, 3.63) is 29.6 Å². The van der Waals surface area contributed by atoms with E-state index < -0.39 is 0 Å². The van der Waals surface area contributed by atoms with Crippen molar-refractivity contribution in [1.82, 2.24) is 0 Å². The fourth-order valence-electron chi connectivity index (χ4n) is 2.17. The van der Waals surface area contributed by atoms with Crippen LogP contribution in [0.5, 0.6) is 0 Å². The number of nitrogens with one attached hydrogen (secondary N) is 1. The van der Waals surface area contributed by atoms with Crippen LogP contribution in [0.2, 0.25) is 0 Å². The number of thiocarbonyl (C=S) groups is 1. The Balaban J connectivity index is 2.02. The zero-order valence-corrected chi connectivity index (χ0v) is 11.1. The fourth-order valence-corrected chi connectivity index (χ4v) is 2.38. The lowest BCUT2D eigenvalue weighted by atomic mass is 9.88. The predicted molar refractivity (Wildman–Crippen MR) is 74.3 cm³/mol. The summed E-state index contributed by atoms with van der Waals surface area (Å²) in [5, 5.41) is 3.27. The molecule has 0 aromatic heterocycles. The molecule has 1 saturated carbocycles. The molecular formula is C13H17FN2OS. The van der Waals surface area contributed by atoms with E-state index in [2.05, 4.69) is 5.32 Å². The van der Waals surface area contributed by atoms with Crippen molar-refractivity contribution >= 4 is 22.9 Å². The van der Waals surface area contributed by atoms with Gasteiger partial charge in [-0.3, -0.25) is 0 Å². The van der Waals surface area contributed by atoms with Gasteiger partial charge >= 0.3 is 0 Å². The average molecular weight is 268 g/mol. The summed E-state index contributed by atoms with van der Waals surface area (Å²) < 4.78 is 19.1. The quantitative estimate of drug-likeness (QED) is 0.805. The molecule has 0 heterocycles. The molecule has 18 heavy (non-hydrogen) atoms. The molecule has 3 N–H and O–H groups in total. The average Bonchev–Trinajstić information content (AvgIpc) is 2.25. The summed E-state index contributed by atoms with van der Waals surface area (Å²) in [6.07, 6.45) is 2.18. The standard InChI is InChI=1S/C13H17FN2OS/c1-2-17-9-6-8(7-9)16-11-5-3-4-10(14)12(11)13(15)18/h3-5,8-9,16H,2,6-7H2,1H3,(H2,15,18). The van der Waals surface area contributed by atoms with Gasteiger partial charge in [-0.15, -0.1) is 0 Å². The normalized spacial score (nSPS) is 22.3.